The third-order valence-corrected chi connectivity index (χ3v) is 4.52. The highest BCUT2D eigenvalue weighted by Gasteiger charge is 2.35. The van der Waals surface area contributed by atoms with Gasteiger partial charge in [-0.15, -0.1) is 0 Å². The molecule has 0 radical (unpaired) electrons. The predicted molar refractivity (Wildman–Crippen MR) is 87.1 cm³/mol. The van der Waals surface area contributed by atoms with Gasteiger partial charge in [-0.2, -0.15) is 0 Å². The molecule has 2 aliphatic rings. The van der Waals surface area contributed by atoms with E-state index in [0.717, 1.165) is 5.70 Å². The number of nitrogens with zero attached hydrogens (tertiary/aromatic N) is 2. The van der Waals surface area contributed by atoms with Gasteiger partial charge in [0.15, 0.2) is 4.32 Å². The van der Waals surface area contributed by atoms with Gasteiger partial charge < -0.3 is 4.90 Å². The highest BCUT2D eigenvalue weighted by atomic mass is 32.2. The topological polar surface area (TPSA) is 23.6 Å². The van der Waals surface area contributed by atoms with Gasteiger partial charge in [0.2, 0.25) is 0 Å². The third kappa shape index (κ3) is 2.52. The maximum Gasteiger partial charge on any atom is 0.272 e. The van der Waals surface area contributed by atoms with Crippen molar-refractivity contribution in [2.24, 2.45) is 0 Å². The van der Waals surface area contributed by atoms with Crippen molar-refractivity contribution >= 4 is 39.9 Å². The smallest absolute Gasteiger partial charge is 0.272 e. The Morgan fingerprint density at radius 1 is 1.19 bits per heavy atom. The molecule has 1 aromatic carbocycles. The number of hydrogen-bond donors (Lipinski definition) is 0. The van der Waals surface area contributed by atoms with Gasteiger partial charge >= 0.3 is 0 Å². The molecule has 0 bridgehead atoms. The molecule has 1 fully saturated rings. The molecular weight excluding hydrogens is 307 g/mol. The zero-order valence-corrected chi connectivity index (χ0v) is 12.7. The third-order valence-electron chi connectivity index (χ3n) is 3.14. The molecule has 3 rings (SSSR count). The second kappa shape index (κ2) is 5.46. The van der Waals surface area contributed by atoms with Crippen molar-refractivity contribution in [3.05, 3.63) is 65.1 Å². The molecule has 2 heterocycles. The van der Waals surface area contributed by atoms with Crippen molar-refractivity contribution in [1.82, 2.24) is 4.90 Å². The fourth-order valence-corrected chi connectivity index (χ4v) is 3.48. The molecular formula is C15H11FN2OS2. The monoisotopic (exact) mass is 318 g/mol. The van der Waals surface area contributed by atoms with E-state index in [2.05, 4.69) is 0 Å². The van der Waals surface area contributed by atoms with Crippen LogP contribution in [0.2, 0.25) is 0 Å². The Labute approximate surface area is 131 Å². The second-order valence-corrected chi connectivity index (χ2v) is 6.16. The summed E-state index contributed by atoms with van der Waals surface area (Å²) in [6, 6.07) is 5.73. The van der Waals surface area contributed by atoms with Gasteiger partial charge in [0.1, 0.15) is 10.7 Å². The Kier molecular flexibility index (Phi) is 3.65. The molecule has 3 nitrogen and oxygen atoms in total. The van der Waals surface area contributed by atoms with E-state index >= 15 is 0 Å². The fraction of sp³-hybridized carbons (Fsp3) is 0.0667. The number of halogens is 1. The quantitative estimate of drug-likeness (QED) is 0.585. The summed E-state index contributed by atoms with van der Waals surface area (Å²) in [6.45, 7) is 0. The molecule has 2 aliphatic heterocycles. The van der Waals surface area contributed by atoms with E-state index < -0.39 is 0 Å². The van der Waals surface area contributed by atoms with Crippen LogP contribution >= 0.6 is 24.0 Å². The molecule has 0 atom stereocenters. The summed E-state index contributed by atoms with van der Waals surface area (Å²) in [4.78, 5) is 16.5. The maximum atomic E-state index is 13.0. The van der Waals surface area contributed by atoms with E-state index in [9.17, 15) is 9.18 Å². The zero-order chi connectivity index (χ0) is 15.0. The molecule has 0 aromatic heterocycles. The largest absolute Gasteiger partial charge is 0.350 e. The average Bonchev–Trinajstić information content (AvgIpc) is 2.76. The molecule has 0 unspecified atom stereocenters. The van der Waals surface area contributed by atoms with E-state index in [1.54, 1.807) is 12.1 Å². The number of carbonyl (C=O) groups is 1. The summed E-state index contributed by atoms with van der Waals surface area (Å²) < 4.78 is 13.5. The minimum atomic E-state index is -0.345. The van der Waals surface area contributed by atoms with Crippen molar-refractivity contribution < 1.29 is 9.18 Å². The summed E-state index contributed by atoms with van der Waals surface area (Å²) in [6.07, 6.45) is 7.51. The van der Waals surface area contributed by atoms with Gasteiger partial charge in [-0.1, -0.05) is 30.1 Å². The Bertz CT molecular complexity index is 707. The highest BCUT2D eigenvalue weighted by molar-refractivity contribution is 8.27. The van der Waals surface area contributed by atoms with Gasteiger partial charge in [-0.25, -0.2) is 4.39 Å². The molecule has 0 aliphatic carbocycles. The van der Waals surface area contributed by atoms with Crippen LogP contribution in [0.4, 0.5) is 10.1 Å². The van der Waals surface area contributed by atoms with Crippen LogP contribution in [0.5, 0.6) is 0 Å². The molecule has 0 spiro atoms. The number of amides is 1. The van der Waals surface area contributed by atoms with Crippen LogP contribution in [0, 0.1) is 5.82 Å². The van der Waals surface area contributed by atoms with Crippen LogP contribution in [0.1, 0.15) is 0 Å². The summed E-state index contributed by atoms with van der Waals surface area (Å²) in [5, 5.41) is 0. The Morgan fingerprint density at radius 3 is 2.57 bits per heavy atom. The summed E-state index contributed by atoms with van der Waals surface area (Å²) in [7, 11) is 1.87. The standard InChI is InChI=1S/C15H11FN2OS2/c1-17-9-3-2-4-12(17)13-14(19)18(15(20)21-13)11-7-5-10(16)6-8-11/h2-9H,1H3/b13-12-. The summed E-state index contributed by atoms with van der Waals surface area (Å²) in [5.74, 6) is -0.527. The number of thioether (sulfide) groups is 1. The van der Waals surface area contributed by atoms with E-state index in [4.69, 9.17) is 12.2 Å². The lowest BCUT2D eigenvalue weighted by molar-refractivity contribution is -0.113. The van der Waals surface area contributed by atoms with Crippen LogP contribution in [0.25, 0.3) is 0 Å². The first kappa shape index (κ1) is 14.0. The molecule has 0 N–H and O–H groups in total. The van der Waals surface area contributed by atoms with Crippen molar-refractivity contribution in [3.8, 4) is 0 Å². The normalized spacial score (nSPS) is 21.6. The van der Waals surface area contributed by atoms with Crippen molar-refractivity contribution in [2.45, 2.75) is 0 Å². The van der Waals surface area contributed by atoms with Gasteiger partial charge in [0.05, 0.1) is 11.4 Å². The molecule has 0 saturated carbocycles. The number of allylic oxidation sites excluding steroid dienone is 3. The molecule has 1 aromatic rings. The Balaban J connectivity index is 2.00. The lowest BCUT2D eigenvalue weighted by Crippen LogP contribution is -2.28. The van der Waals surface area contributed by atoms with Gasteiger partial charge in [0, 0.05) is 13.2 Å². The highest BCUT2D eigenvalue weighted by Crippen LogP contribution is 2.38. The predicted octanol–water partition coefficient (Wildman–Crippen LogP) is 3.42. The van der Waals surface area contributed by atoms with E-state index in [1.807, 2.05) is 36.4 Å². The minimum Gasteiger partial charge on any atom is -0.350 e. The van der Waals surface area contributed by atoms with Crippen LogP contribution < -0.4 is 4.90 Å². The second-order valence-electron chi connectivity index (χ2n) is 4.51. The van der Waals surface area contributed by atoms with Crippen LogP contribution in [0.3, 0.4) is 0 Å². The lowest BCUT2D eigenvalue weighted by Gasteiger charge is -2.19. The van der Waals surface area contributed by atoms with Crippen molar-refractivity contribution in [3.63, 3.8) is 0 Å². The first-order chi connectivity index (χ1) is 10.1. The van der Waals surface area contributed by atoms with Gasteiger partial charge in [-0.3, -0.25) is 9.69 Å². The molecule has 6 heteroatoms. The molecule has 1 saturated heterocycles. The summed E-state index contributed by atoms with van der Waals surface area (Å²) in [5.41, 5.74) is 1.38. The van der Waals surface area contributed by atoms with Crippen molar-refractivity contribution in [1.29, 1.82) is 0 Å². The lowest BCUT2D eigenvalue weighted by atomic mass is 10.2. The fourth-order valence-electron chi connectivity index (χ4n) is 2.09. The number of likely N-dealkylation sites (N-methyl/N-ethyl adjacent to an activating group) is 1. The number of hydrogen-bond acceptors (Lipinski definition) is 4. The van der Waals surface area contributed by atoms with E-state index in [0.29, 0.717) is 14.9 Å². The van der Waals surface area contributed by atoms with E-state index in [-0.39, 0.29) is 11.7 Å². The first-order valence-corrected chi connectivity index (χ1v) is 7.44. The SMILES string of the molecule is CN1C=CC=C/C1=C1/SC(=S)N(c2ccc(F)cc2)C1=O. The van der Waals surface area contributed by atoms with Crippen LogP contribution in [0.15, 0.2) is 59.3 Å². The Hall–Kier alpha value is -1.92. The number of thiocarbonyl (C=S) groups is 1. The summed E-state index contributed by atoms with van der Waals surface area (Å²) >= 11 is 6.55. The minimum absolute atomic E-state index is 0.182. The number of rotatable bonds is 1. The number of benzene rings is 1. The van der Waals surface area contributed by atoms with Crippen molar-refractivity contribution in [2.75, 3.05) is 11.9 Å². The first-order valence-electron chi connectivity index (χ1n) is 6.22. The number of carbonyl (C=O) groups excluding carboxylic acids is 1. The van der Waals surface area contributed by atoms with E-state index in [1.165, 1.54) is 28.8 Å². The Morgan fingerprint density at radius 2 is 1.90 bits per heavy atom. The molecule has 1 amide bonds. The zero-order valence-electron chi connectivity index (χ0n) is 11.1. The maximum absolute atomic E-state index is 13.0. The van der Waals surface area contributed by atoms with Gasteiger partial charge in [0.25, 0.3) is 5.91 Å². The number of anilines is 1. The molecule has 106 valence electrons. The van der Waals surface area contributed by atoms with Gasteiger partial charge in [-0.05, 0) is 36.4 Å². The average molecular weight is 318 g/mol. The molecule has 21 heavy (non-hydrogen) atoms. The van der Waals surface area contributed by atoms with Crippen LogP contribution in [-0.4, -0.2) is 22.2 Å². The van der Waals surface area contributed by atoms with Crippen LogP contribution in [-0.2, 0) is 4.79 Å².